The van der Waals surface area contributed by atoms with Crippen molar-refractivity contribution >= 4 is 21.5 Å². The number of amides is 1. The van der Waals surface area contributed by atoms with Gasteiger partial charge in [0.15, 0.2) is 9.84 Å². The molecule has 1 heterocycles. The van der Waals surface area contributed by atoms with Crippen LogP contribution in [0.3, 0.4) is 0 Å². The molecule has 1 atom stereocenters. The van der Waals surface area contributed by atoms with Crippen LogP contribution >= 0.6 is 0 Å². The van der Waals surface area contributed by atoms with Gasteiger partial charge < -0.3 is 5.32 Å². The quantitative estimate of drug-likeness (QED) is 0.645. The van der Waals surface area contributed by atoms with Crippen LogP contribution < -0.4 is 5.32 Å². The molecule has 19 heavy (non-hydrogen) atoms. The molecule has 1 unspecified atom stereocenters. The minimum atomic E-state index is -3.06. The predicted molar refractivity (Wildman–Crippen MR) is 70.7 cm³/mol. The van der Waals surface area contributed by atoms with Crippen molar-refractivity contribution in [2.45, 2.75) is 19.4 Å². The van der Waals surface area contributed by atoms with Gasteiger partial charge in [-0.3, -0.25) is 9.59 Å². The van der Waals surface area contributed by atoms with Crippen molar-refractivity contribution in [1.82, 2.24) is 5.32 Å². The summed E-state index contributed by atoms with van der Waals surface area (Å²) in [5.74, 6) is -1.40. The zero-order valence-corrected chi connectivity index (χ0v) is 11.4. The number of rotatable bonds is 3. The second-order valence-electron chi connectivity index (χ2n) is 4.77. The summed E-state index contributed by atoms with van der Waals surface area (Å²) < 4.78 is 22.5. The molecule has 102 valence electrons. The first kappa shape index (κ1) is 13.7. The number of sulfone groups is 1. The molecule has 0 aliphatic carbocycles. The minimum absolute atomic E-state index is 0.0661. The van der Waals surface area contributed by atoms with Gasteiger partial charge >= 0.3 is 0 Å². The van der Waals surface area contributed by atoms with Crippen molar-refractivity contribution in [3.05, 3.63) is 35.4 Å². The Morgan fingerprint density at radius 1 is 1.21 bits per heavy atom. The molecule has 6 heteroatoms. The van der Waals surface area contributed by atoms with E-state index in [0.717, 1.165) is 5.56 Å². The third-order valence-electron chi connectivity index (χ3n) is 3.09. The van der Waals surface area contributed by atoms with Crippen molar-refractivity contribution in [3.8, 4) is 0 Å². The van der Waals surface area contributed by atoms with Crippen molar-refractivity contribution in [2.75, 3.05) is 11.5 Å². The van der Waals surface area contributed by atoms with E-state index in [2.05, 4.69) is 5.32 Å². The first-order chi connectivity index (χ1) is 8.87. The number of hydrogen-bond donors (Lipinski definition) is 1. The molecule has 5 nitrogen and oxygen atoms in total. The molecular formula is C13H15NO4S. The topological polar surface area (TPSA) is 80.3 Å². The number of carbonyl (C=O) groups is 2. The normalized spacial score (nSPS) is 21.0. The van der Waals surface area contributed by atoms with E-state index in [1.54, 1.807) is 24.3 Å². The molecule has 0 radical (unpaired) electrons. The molecule has 2 rings (SSSR count). The fourth-order valence-electron chi connectivity index (χ4n) is 2.00. The molecule has 1 aliphatic heterocycles. The number of nitrogens with one attached hydrogen (secondary N) is 1. The van der Waals surface area contributed by atoms with E-state index in [4.69, 9.17) is 0 Å². The summed E-state index contributed by atoms with van der Waals surface area (Å²) in [6, 6.07) is 6.22. The summed E-state index contributed by atoms with van der Waals surface area (Å²) in [6.45, 7) is 1.89. The number of benzene rings is 1. The smallest absolute Gasteiger partial charge is 0.292 e. The van der Waals surface area contributed by atoms with Crippen LogP contribution in [0.15, 0.2) is 24.3 Å². The molecule has 1 fully saturated rings. The van der Waals surface area contributed by atoms with Gasteiger partial charge in [0.1, 0.15) is 0 Å². The number of ketones is 1. The van der Waals surface area contributed by atoms with Crippen LogP contribution in [-0.2, 0) is 14.6 Å². The Kier molecular flexibility index (Phi) is 3.71. The van der Waals surface area contributed by atoms with Crippen LogP contribution in [0.4, 0.5) is 0 Å². The van der Waals surface area contributed by atoms with E-state index in [9.17, 15) is 18.0 Å². The number of Topliss-reactive ketones (excluding diaryl/α,β-unsaturated/α-hetero) is 1. The van der Waals surface area contributed by atoms with Gasteiger partial charge in [0.2, 0.25) is 5.78 Å². The van der Waals surface area contributed by atoms with Crippen LogP contribution in [0.25, 0.3) is 0 Å². The van der Waals surface area contributed by atoms with Crippen molar-refractivity contribution in [1.29, 1.82) is 0 Å². The average molecular weight is 281 g/mol. The monoisotopic (exact) mass is 281 g/mol. The Morgan fingerprint density at radius 2 is 1.84 bits per heavy atom. The highest BCUT2D eigenvalue weighted by atomic mass is 32.2. The highest BCUT2D eigenvalue weighted by Gasteiger charge is 2.30. The van der Waals surface area contributed by atoms with Gasteiger partial charge in [0, 0.05) is 11.6 Å². The molecule has 0 saturated carbocycles. The number of aryl methyl sites for hydroxylation is 1. The fourth-order valence-corrected chi connectivity index (χ4v) is 3.67. The molecule has 0 aromatic heterocycles. The Morgan fingerprint density at radius 3 is 2.37 bits per heavy atom. The minimum Gasteiger partial charge on any atom is -0.345 e. The lowest BCUT2D eigenvalue weighted by Gasteiger charge is -2.09. The highest BCUT2D eigenvalue weighted by Crippen LogP contribution is 2.12. The van der Waals surface area contributed by atoms with Gasteiger partial charge in [0.25, 0.3) is 5.91 Å². The zero-order chi connectivity index (χ0) is 14.0. The van der Waals surface area contributed by atoms with Gasteiger partial charge in [-0.2, -0.15) is 0 Å². The van der Waals surface area contributed by atoms with Gasteiger partial charge in [-0.1, -0.05) is 29.8 Å². The maximum Gasteiger partial charge on any atom is 0.292 e. The molecule has 1 aromatic rings. The predicted octanol–water partition coefficient (Wildman–Crippen LogP) is 0.481. The average Bonchev–Trinajstić information content (AvgIpc) is 2.68. The zero-order valence-electron chi connectivity index (χ0n) is 10.5. The Hall–Kier alpha value is -1.69. The highest BCUT2D eigenvalue weighted by molar-refractivity contribution is 7.91. The van der Waals surface area contributed by atoms with Crippen molar-refractivity contribution in [2.24, 2.45) is 0 Å². The second-order valence-corrected chi connectivity index (χ2v) is 7.00. The fraction of sp³-hybridized carbons (Fsp3) is 0.385. The van der Waals surface area contributed by atoms with Crippen LogP contribution in [0.5, 0.6) is 0 Å². The standard InChI is InChI=1S/C13H15NO4S/c1-9-2-4-10(5-3-9)12(15)13(16)14-11-6-7-19(17,18)8-11/h2-5,11H,6-8H2,1H3,(H,14,16). The Labute approximate surface area is 111 Å². The summed E-state index contributed by atoms with van der Waals surface area (Å²) in [5, 5.41) is 2.48. The lowest BCUT2D eigenvalue weighted by Crippen LogP contribution is -2.39. The molecule has 1 saturated heterocycles. The number of carbonyl (C=O) groups excluding carboxylic acids is 2. The lowest BCUT2D eigenvalue weighted by atomic mass is 10.1. The first-order valence-electron chi connectivity index (χ1n) is 6.00. The largest absolute Gasteiger partial charge is 0.345 e. The third kappa shape index (κ3) is 3.41. The van der Waals surface area contributed by atoms with Crippen LogP contribution in [0.2, 0.25) is 0 Å². The molecular weight excluding hydrogens is 266 g/mol. The summed E-state index contributed by atoms with van der Waals surface area (Å²) >= 11 is 0. The molecule has 0 spiro atoms. The molecule has 1 aliphatic rings. The van der Waals surface area contributed by atoms with Gasteiger partial charge in [-0.05, 0) is 13.3 Å². The maximum absolute atomic E-state index is 11.8. The lowest BCUT2D eigenvalue weighted by molar-refractivity contribution is -0.117. The summed E-state index contributed by atoms with van der Waals surface area (Å²) in [6.07, 6.45) is 0.370. The van der Waals surface area contributed by atoms with E-state index in [-0.39, 0.29) is 11.5 Å². The first-order valence-corrected chi connectivity index (χ1v) is 7.82. The van der Waals surface area contributed by atoms with Crippen molar-refractivity contribution in [3.63, 3.8) is 0 Å². The molecule has 0 bridgehead atoms. The third-order valence-corrected chi connectivity index (χ3v) is 4.86. The van der Waals surface area contributed by atoms with Gasteiger partial charge in [0.05, 0.1) is 11.5 Å². The van der Waals surface area contributed by atoms with E-state index < -0.39 is 27.6 Å². The van der Waals surface area contributed by atoms with E-state index in [1.807, 2.05) is 6.92 Å². The summed E-state index contributed by atoms with van der Waals surface area (Å²) in [5.41, 5.74) is 1.31. The summed E-state index contributed by atoms with van der Waals surface area (Å²) in [4.78, 5) is 23.6. The van der Waals surface area contributed by atoms with Crippen molar-refractivity contribution < 1.29 is 18.0 Å². The van der Waals surface area contributed by atoms with Crippen LogP contribution in [0.1, 0.15) is 22.3 Å². The maximum atomic E-state index is 11.8. The number of hydrogen-bond acceptors (Lipinski definition) is 4. The van der Waals surface area contributed by atoms with Gasteiger partial charge in [-0.25, -0.2) is 8.42 Å². The molecule has 1 N–H and O–H groups in total. The van der Waals surface area contributed by atoms with Crippen LogP contribution in [-0.4, -0.2) is 37.7 Å². The van der Waals surface area contributed by atoms with Gasteiger partial charge in [-0.15, -0.1) is 0 Å². The van der Waals surface area contributed by atoms with E-state index >= 15 is 0 Å². The second kappa shape index (κ2) is 5.13. The van der Waals surface area contributed by atoms with E-state index in [0.29, 0.717) is 12.0 Å². The van der Waals surface area contributed by atoms with E-state index in [1.165, 1.54) is 0 Å². The summed E-state index contributed by atoms with van der Waals surface area (Å²) in [7, 11) is -3.06. The van der Waals surface area contributed by atoms with Crippen LogP contribution in [0, 0.1) is 6.92 Å². The molecule has 1 aromatic carbocycles. The SMILES string of the molecule is Cc1ccc(C(=O)C(=O)NC2CCS(=O)(=O)C2)cc1. The Bertz CT molecular complexity index is 604. The Balaban J connectivity index is 2.01. The molecule has 1 amide bonds.